The van der Waals surface area contributed by atoms with Gasteiger partial charge in [-0.05, 0) is 12.1 Å². The Morgan fingerprint density at radius 2 is 2.14 bits per heavy atom. The third kappa shape index (κ3) is 2.31. The van der Waals surface area contributed by atoms with Crippen LogP contribution in [0.4, 0.5) is 0 Å². The molecular formula is C15H15NO4S. The number of ether oxygens (including phenoxy) is 1. The van der Waals surface area contributed by atoms with Crippen LogP contribution in [0.3, 0.4) is 0 Å². The summed E-state index contributed by atoms with van der Waals surface area (Å²) < 4.78 is 6.81. The molecule has 2 heterocycles. The number of rotatable bonds is 5. The van der Waals surface area contributed by atoms with Crippen LogP contribution in [0.25, 0.3) is 21.1 Å². The molecular weight excluding hydrogens is 290 g/mol. The summed E-state index contributed by atoms with van der Waals surface area (Å²) in [4.78, 5) is 12.2. The molecule has 1 unspecified atom stereocenters. The van der Waals surface area contributed by atoms with Gasteiger partial charge >= 0.3 is 5.97 Å². The van der Waals surface area contributed by atoms with Gasteiger partial charge in [0.1, 0.15) is 15.9 Å². The monoisotopic (exact) mass is 305 g/mol. The van der Waals surface area contributed by atoms with Crippen LogP contribution in [0, 0.1) is 0 Å². The summed E-state index contributed by atoms with van der Waals surface area (Å²) in [7, 11) is 1.59. The first-order valence-electron chi connectivity index (χ1n) is 6.56. The molecule has 0 bridgehead atoms. The number of para-hydroxylation sites is 1. The van der Waals surface area contributed by atoms with Crippen LogP contribution in [-0.4, -0.2) is 34.5 Å². The normalized spacial score (nSPS) is 13.0. The molecule has 0 aliphatic heterocycles. The topological polar surface area (TPSA) is 71.7 Å². The third-order valence-corrected chi connectivity index (χ3v) is 4.60. The van der Waals surface area contributed by atoms with Crippen LogP contribution in [-0.2, 0) is 4.74 Å². The van der Waals surface area contributed by atoms with Crippen LogP contribution in [0.1, 0.15) is 22.3 Å². The van der Waals surface area contributed by atoms with Crippen LogP contribution in [0.15, 0.2) is 30.3 Å². The lowest BCUT2D eigenvalue weighted by Gasteiger charge is -2.14. The minimum Gasteiger partial charge on any atom is -0.477 e. The van der Waals surface area contributed by atoms with Crippen molar-refractivity contribution in [2.45, 2.75) is 12.6 Å². The van der Waals surface area contributed by atoms with E-state index in [1.165, 1.54) is 11.3 Å². The Bertz CT molecular complexity index is 805. The number of hydrogen-bond donors (Lipinski definition) is 2. The Morgan fingerprint density at radius 1 is 1.38 bits per heavy atom. The summed E-state index contributed by atoms with van der Waals surface area (Å²) in [6.45, 7) is 0.437. The Balaban J connectivity index is 2.24. The molecule has 2 N–H and O–H groups in total. The van der Waals surface area contributed by atoms with Gasteiger partial charge in [0.05, 0.1) is 12.1 Å². The first kappa shape index (κ1) is 14.1. The second-order valence-corrected chi connectivity index (χ2v) is 5.81. The van der Waals surface area contributed by atoms with Crippen molar-refractivity contribution in [3.8, 4) is 0 Å². The van der Waals surface area contributed by atoms with Gasteiger partial charge in [-0.25, -0.2) is 4.79 Å². The quantitative estimate of drug-likeness (QED) is 0.760. The number of carboxylic acids is 1. The highest BCUT2D eigenvalue weighted by Gasteiger charge is 2.20. The molecule has 6 heteroatoms. The molecule has 0 spiro atoms. The number of thiophene rings is 1. The van der Waals surface area contributed by atoms with E-state index in [4.69, 9.17) is 9.84 Å². The molecule has 2 aromatic heterocycles. The van der Waals surface area contributed by atoms with Crippen molar-refractivity contribution in [3.05, 3.63) is 35.2 Å². The van der Waals surface area contributed by atoms with Crippen molar-refractivity contribution in [1.29, 1.82) is 0 Å². The first-order chi connectivity index (χ1) is 10.1. The Hall–Kier alpha value is -1.89. The molecule has 3 aromatic rings. The average molecular weight is 305 g/mol. The fraction of sp³-hybridized carbons (Fsp3) is 0.267. The highest BCUT2D eigenvalue weighted by molar-refractivity contribution is 7.20. The van der Waals surface area contributed by atoms with Crippen LogP contribution in [0.5, 0.6) is 0 Å². The van der Waals surface area contributed by atoms with Gasteiger partial charge in [0, 0.05) is 24.3 Å². The zero-order valence-corrected chi connectivity index (χ0v) is 12.3. The van der Waals surface area contributed by atoms with Crippen molar-refractivity contribution < 1.29 is 19.7 Å². The smallest absolute Gasteiger partial charge is 0.345 e. The molecule has 1 aromatic carbocycles. The fourth-order valence-corrected chi connectivity index (χ4v) is 3.60. The van der Waals surface area contributed by atoms with E-state index in [2.05, 4.69) is 0 Å². The zero-order chi connectivity index (χ0) is 15.0. The maximum Gasteiger partial charge on any atom is 0.345 e. The number of aliphatic hydroxyl groups is 1. The van der Waals surface area contributed by atoms with Gasteiger partial charge < -0.3 is 19.5 Å². The molecule has 0 aliphatic rings. The lowest BCUT2D eigenvalue weighted by molar-refractivity contribution is 0.0669. The molecule has 5 nitrogen and oxygen atoms in total. The molecule has 0 saturated heterocycles. The number of methoxy groups -OCH3 is 1. The van der Waals surface area contributed by atoms with Crippen LogP contribution < -0.4 is 0 Å². The van der Waals surface area contributed by atoms with Crippen LogP contribution >= 0.6 is 11.3 Å². The fourth-order valence-electron chi connectivity index (χ4n) is 2.53. The van der Waals surface area contributed by atoms with Crippen molar-refractivity contribution in [1.82, 2.24) is 4.57 Å². The van der Waals surface area contributed by atoms with Crippen molar-refractivity contribution in [2.24, 2.45) is 0 Å². The van der Waals surface area contributed by atoms with E-state index in [1.807, 2.05) is 24.3 Å². The number of nitrogens with zero attached hydrogens (tertiary/aromatic N) is 1. The van der Waals surface area contributed by atoms with Crippen molar-refractivity contribution in [2.75, 3.05) is 13.7 Å². The third-order valence-electron chi connectivity index (χ3n) is 3.47. The van der Waals surface area contributed by atoms with Gasteiger partial charge in [-0.3, -0.25) is 0 Å². The Labute approximate surface area is 125 Å². The number of aromatic carboxylic acids is 1. The summed E-state index contributed by atoms with van der Waals surface area (Å²) in [6.07, 6.45) is -0.294. The summed E-state index contributed by atoms with van der Waals surface area (Å²) in [5.41, 5.74) is 0.902. The molecule has 110 valence electrons. The highest BCUT2D eigenvalue weighted by atomic mass is 32.1. The van der Waals surface area contributed by atoms with E-state index >= 15 is 0 Å². The zero-order valence-electron chi connectivity index (χ0n) is 11.4. The van der Waals surface area contributed by atoms with Gasteiger partial charge in [-0.1, -0.05) is 18.2 Å². The predicted octanol–water partition coefficient (Wildman–Crippen LogP) is 3.08. The largest absolute Gasteiger partial charge is 0.477 e. The van der Waals surface area contributed by atoms with Gasteiger partial charge in [-0.2, -0.15) is 0 Å². The standard InChI is InChI=1S/C15H15NO4S/c1-20-7-6-13(17)16-11-5-3-2-4-9(11)10-8-12(15(18)19)21-14(10)16/h2-5,8,13,17H,6-7H2,1H3,(H,18,19). The molecule has 1 atom stereocenters. The average Bonchev–Trinajstić information content (AvgIpc) is 3.01. The molecule has 0 saturated carbocycles. The summed E-state index contributed by atoms with van der Waals surface area (Å²) in [5.74, 6) is -0.946. The molecule has 0 amide bonds. The van der Waals surface area contributed by atoms with Gasteiger partial charge in [0.15, 0.2) is 0 Å². The number of benzene rings is 1. The maximum atomic E-state index is 11.2. The van der Waals surface area contributed by atoms with E-state index in [1.54, 1.807) is 17.7 Å². The van der Waals surface area contributed by atoms with E-state index in [0.29, 0.717) is 13.0 Å². The summed E-state index contributed by atoms with van der Waals surface area (Å²) in [6, 6.07) is 9.35. The number of aromatic nitrogens is 1. The maximum absolute atomic E-state index is 11.2. The Morgan fingerprint density at radius 3 is 2.86 bits per heavy atom. The second kappa shape index (κ2) is 5.48. The second-order valence-electron chi connectivity index (χ2n) is 4.78. The Kier molecular flexibility index (Phi) is 3.67. The lowest BCUT2D eigenvalue weighted by atomic mass is 10.2. The highest BCUT2D eigenvalue weighted by Crippen LogP contribution is 2.37. The van der Waals surface area contributed by atoms with E-state index < -0.39 is 12.2 Å². The van der Waals surface area contributed by atoms with Crippen molar-refractivity contribution in [3.63, 3.8) is 0 Å². The molecule has 3 rings (SSSR count). The predicted molar refractivity (Wildman–Crippen MR) is 82.0 cm³/mol. The molecule has 21 heavy (non-hydrogen) atoms. The van der Waals surface area contributed by atoms with E-state index in [-0.39, 0.29) is 4.88 Å². The minimum atomic E-state index is -0.946. The van der Waals surface area contributed by atoms with Crippen LogP contribution in [0.2, 0.25) is 0 Å². The molecule has 0 radical (unpaired) electrons. The number of aliphatic hydroxyl groups excluding tert-OH is 1. The number of carboxylic acid groups (broad SMARTS) is 1. The summed E-state index contributed by atoms with van der Waals surface area (Å²) >= 11 is 1.18. The molecule has 0 aliphatic carbocycles. The lowest BCUT2D eigenvalue weighted by Crippen LogP contribution is -2.09. The first-order valence-corrected chi connectivity index (χ1v) is 7.38. The van der Waals surface area contributed by atoms with E-state index in [9.17, 15) is 9.90 Å². The van der Waals surface area contributed by atoms with Crippen molar-refractivity contribution >= 4 is 38.4 Å². The SMILES string of the molecule is COCCC(O)n1c2ccccc2c2cc(C(=O)O)sc21. The van der Waals surface area contributed by atoms with E-state index in [0.717, 1.165) is 21.1 Å². The van der Waals surface area contributed by atoms with Gasteiger partial charge in [-0.15, -0.1) is 11.3 Å². The summed E-state index contributed by atoms with van der Waals surface area (Å²) in [5, 5.41) is 21.4. The number of hydrogen-bond acceptors (Lipinski definition) is 4. The number of carbonyl (C=O) groups is 1. The minimum absolute atomic E-state index is 0.276. The number of fused-ring (bicyclic) bond motifs is 3. The van der Waals surface area contributed by atoms with Gasteiger partial charge in [0.25, 0.3) is 0 Å². The molecule has 0 fully saturated rings. The van der Waals surface area contributed by atoms with Gasteiger partial charge in [0.2, 0.25) is 0 Å².